The van der Waals surface area contributed by atoms with Gasteiger partial charge in [0.15, 0.2) is 0 Å². The van der Waals surface area contributed by atoms with Crippen LogP contribution in [0.3, 0.4) is 0 Å². The number of hydrogen-bond donors (Lipinski definition) is 1. The molecule has 6 atom stereocenters. The molecule has 3 aliphatic rings. The van der Waals surface area contributed by atoms with Crippen LogP contribution in [0.1, 0.15) is 20.3 Å². The second-order valence-corrected chi connectivity index (χ2v) is 11.2. The number of β-lactam (4-membered cyclic amide) rings is 1. The molecule has 3 amide bonds. The average molecular weight is 578 g/mol. The van der Waals surface area contributed by atoms with Crippen LogP contribution < -0.4 is 0 Å². The zero-order valence-electron chi connectivity index (χ0n) is 23.0. The van der Waals surface area contributed by atoms with Crippen molar-refractivity contribution in [3.8, 4) is 0 Å². The van der Waals surface area contributed by atoms with Crippen LogP contribution in [-0.2, 0) is 28.6 Å². The summed E-state index contributed by atoms with van der Waals surface area (Å²) in [6, 6.07) is -0.961. The molecular weight excluding hydrogens is 542 g/mol. The van der Waals surface area contributed by atoms with Gasteiger partial charge in [0.1, 0.15) is 25.0 Å². The van der Waals surface area contributed by atoms with Gasteiger partial charge in [-0.25, -0.2) is 14.4 Å². The number of nitrogens with zero attached hydrogens (tertiary/aromatic N) is 3. The lowest BCUT2D eigenvalue weighted by molar-refractivity contribution is -0.164. The first-order valence-electron chi connectivity index (χ1n) is 12.8. The molecule has 0 aromatic heterocycles. The molecule has 0 aliphatic carbocycles. The van der Waals surface area contributed by atoms with Gasteiger partial charge in [0.2, 0.25) is 11.8 Å². The van der Waals surface area contributed by atoms with Gasteiger partial charge in [-0.1, -0.05) is 38.3 Å². The SMILES string of the molecule is C=CCOC(=O)O[C@H](C)[C@H]1C(=O)N2C(C(=O)O)=C(S[C@H]3C[C@@H](/C=C/C(=O)N(C)C)N(C(=O)OCC=C)C3)[C@H](C)[C@H]12. The lowest BCUT2D eigenvalue weighted by Crippen LogP contribution is -2.64. The number of carboxylic acid groups (broad SMARTS) is 1. The zero-order chi connectivity index (χ0) is 29.7. The Morgan fingerprint density at radius 1 is 1.18 bits per heavy atom. The van der Waals surface area contributed by atoms with E-state index in [0.717, 1.165) is 0 Å². The molecule has 3 heterocycles. The molecule has 0 spiro atoms. The second-order valence-electron chi connectivity index (χ2n) is 9.86. The number of likely N-dealkylation sites (N-methyl/N-ethyl adjacent to an activating group) is 1. The zero-order valence-corrected chi connectivity index (χ0v) is 23.8. The van der Waals surface area contributed by atoms with Crippen LogP contribution in [0.4, 0.5) is 9.59 Å². The first-order valence-corrected chi connectivity index (χ1v) is 13.7. The van der Waals surface area contributed by atoms with Crippen molar-refractivity contribution < 1.29 is 43.3 Å². The van der Waals surface area contributed by atoms with Crippen molar-refractivity contribution in [2.75, 3.05) is 33.9 Å². The smallest absolute Gasteiger partial charge is 0.477 e. The van der Waals surface area contributed by atoms with Crippen LogP contribution in [0.5, 0.6) is 0 Å². The van der Waals surface area contributed by atoms with Crippen molar-refractivity contribution in [3.63, 3.8) is 0 Å². The van der Waals surface area contributed by atoms with Crippen molar-refractivity contribution in [1.82, 2.24) is 14.7 Å². The summed E-state index contributed by atoms with van der Waals surface area (Å²) in [7, 11) is 3.23. The van der Waals surface area contributed by atoms with Crippen molar-refractivity contribution >= 4 is 41.8 Å². The highest BCUT2D eigenvalue weighted by Crippen LogP contribution is 2.52. The molecule has 2 fully saturated rings. The fourth-order valence-corrected chi connectivity index (χ4v) is 6.63. The molecule has 1 N–H and O–H groups in total. The lowest BCUT2D eigenvalue weighted by atomic mass is 9.79. The van der Waals surface area contributed by atoms with Gasteiger partial charge < -0.3 is 34.0 Å². The van der Waals surface area contributed by atoms with Gasteiger partial charge in [-0.05, 0) is 13.3 Å². The van der Waals surface area contributed by atoms with Crippen LogP contribution in [0.15, 0.2) is 48.1 Å². The van der Waals surface area contributed by atoms with E-state index in [1.54, 1.807) is 27.1 Å². The summed E-state index contributed by atoms with van der Waals surface area (Å²) in [5.41, 5.74) is -0.104. The predicted octanol–water partition coefficient (Wildman–Crippen LogP) is 2.63. The molecular formula is C27H35N3O9S. The largest absolute Gasteiger partial charge is 0.508 e. The van der Waals surface area contributed by atoms with Gasteiger partial charge >= 0.3 is 18.2 Å². The standard InChI is InChI=1S/C27H35N3O9S/c1-7-11-37-26(35)29-14-18(13-17(29)9-10-19(31)28(5)6)40-23-15(3)21-20(16(4)39-27(36)38-12-8-2)24(32)30(21)22(23)25(33)34/h7-10,15-18,20-21H,1-2,11-14H2,3-6H3,(H,33,34)/b10-9+/t15-,16-,17-,18+,20-,21-/m1/s1. The Kier molecular flexibility index (Phi) is 10.1. The van der Waals surface area contributed by atoms with Crippen LogP contribution >= 0.6 is 11.8 Å². The number of aliphatic carboxylic acids is 1. The topological polar surface area (TPSA) is 143 Å². The third kappa shape index (κ3) is 6.35. The molecule has 0 aromatic rings. The summed E-state index contributed by atoms with van der Waals surface area (Å²) in [4.78, 5) is 66.8. The Morgan fingerprint density at radius 3 is 2.42 bits per heavy atom. The molecule has 218 valence electrons. The van der Waals surface area contributed by atoms with Crippen LogP contribution in [-0.4, -0.2) is 107 Å². The number of fused-ring (bicyclic) bond motifs is 1. The highest BCUT2D eigenvalue weighted by molar-refractivity contribution is 8.03. The van der Waals surface area contributed by atoms with E-state index in [1.807, 2.05) is 6.92 Å². The van der Waals surface area contributed by atoms with Gasteiger partial charge in [0.25, 0.3) is 0 Å². The molecule has 0 unspecified atom stereocenters. The Bertz CT molecular complexity index is 1130. The Hall–Kier alpha value is -3.74. The summed E-state index contributed by atoms with van der Waals surface area (Å²) >= 11 is 1.30. The molecule has 0 radical (unpaired) electrons. The van der Waals surface area contributed by atoms with Gasteiger partial charge in [-0.3, -0.25) is 9.59 Å². The molecule has 3 aliphatic heterocycles. The molecule has 0 bridgehead atoms. The van der Waals surface area contributed by atoms with Crippen LogP contribution in [0.25, 0.3) is 0 Å². The van der Waals surface area contributed by atoms with Crippen molar-refractivity contribution in [2.24, 2.45) is 11.8 Å². The number of carbonyl (C=O) groups excluding carboxylic acids is 4. The Labute approximate surface area is 237 Å². The number of carboxylic acids is 1. The first kappa shape index (κ1) is 30.8. The summed E-state index contributed by atoms with van der Waals surface area (Å²) < 4.78 is 15.3. The second kappa shape index (κ2) is 13.1. The maximum absolute atomic E-state index is 13.1. The molecule has 40 heavy (non-hydrogen) atoms. The van der Waals surface area contributed by atoms with Gasteiger partial charge in [0.05, 0.1) is 18.0 Å². The fraction of sp³-hybridized carbons (Fsp3) is 0.519. The van der Waals surface area contributed by atoms with Crippen molar-refractivity contribution in [3.05, 3.63) is 48.1 Å². The number of carbonyl (C=O) groups is 5. The van der Waals surface area contributed by atoms with Gasteiger partial charge in [-0.2, -0.15) is 0 Å². The van der Waals surface area contributed by atoms with Crippen LogP contribution in [0.2, 0.25) is 0 Å². The van der Waals surface area contributed by atoms with E-state index >= 15 is 0 Å². The number of rotatable bonds is 11. The monoisotopic (exact) mass is 577 g/mol. The molecule has 0 saturated carbocycles. The average Bonchev–Trinajstić information content (AvgIpc) is 3.41. The minimum atomic E-state index is -1.24. The molecule has 13 heteroatoms. The van der Waals surface area contributed by atoms with E-state index in [-0.39, 0.29) is 42.5 Å². The van der Waals surface area contributed by atoms with E-state index in [4.69, 9.17) is 14.2 Å². The van der Waals surface area contributed by atoms with E-state index in [0.29, 0.717) is 11.3 Å². The van der Waals surface area contributed by atoms with E-state index in [9.17, 15) is 29.1 Å². The maximum Gasteiger partial charge on any atom is 0.508 e. The number of thioether (sulfide) groups is 1. The normalized spacial score (nSPS) is 26.2. The summed E-state index contributed by atoms with van der Waals surface area (Å²) in [6.45, 7) is 10.6. The predicted molar refractivity (Wildman–Crippen MR) is 146 cm³/mol. The third-order valence-corrected chi connectivity index (χ3v) is 8.45. The summed E-state index contributed by atoms with van der Waals surface area (Å²) in [5.74, 6) is -3.02. The van der Waals surface area contributed by atoms with E-state index < -0.39 is 48.2 Å². The number of ether oxygens (including phenoxy) is 3. The fourth-order valence-electron chi connectivity index (χ4n) is 5.09. The van der Waals surface area contributed by atoms with Crippen molar-refractivity contribution in [2.45, 2.75) is 43.7 Å². The highest BCUT2D eigenvalue weighted by atomic mass is 32.2. The Morgan fingerprint density at radius 2 is 1.82 bits per heavy atom. The van der Waals surface area contributed by atoms with Crippen molar-refractivity contribution in [1.29, 1.82) is 0 Å². The molecule has 0 aromatic carbocycles. The number of hydrogen-bond acceptors (Lipinski definition) is 9. The minimum Gasteiger partial charge on any atom is -0.477 e. The van der Waals surface area contributed by atoms with Crippen LogP contribution in [0, 0.1) is 11.8 Å². The van der Waals surface area contributed by atoms with E-state index in [2.05, 4.69) is 13.2 Å². The number of amides is 3. The third-order valence-electron chi connectivity index (χ3n) is 6.96. The number of likely N-dealkylation sites (tertiary alicyclic amines) is 1. The maximum atomic E-state index is 13.1. The Balaban J connectivity index is 1.79. The van der Waals surface area contributed by atoms with Gasteiger partial charge in [-0.15, -0.1) is 11.8 Å². The van der Waals surface area contributed by atoms with E-state index in [1.165, 1.54) is 44.7 Å². The molecule has 3 rings (SSSR count). The van der Waals surface area contributed by atoms with Gasteiger partial charge in [0, 0.05) is 42.8 Å². The summed E-state index contributed by atoms with van der Waals surface area (Å²) in [5, 5.41) is 9.81. The minimum absolute atomic E-state index is 0.0209. The quantitative estimate of drug-likeness (QED) is 0.168. The first-order chi connectivity index (χ1) is 18.9. The molecule has 12 nitrogen and oxygen atoms in total. The molecule has 2 saturated heterocycles. The lowest BCUT2D eigenvalue weighted by Gasteiger charge is -2.46. The highest BCUT2D eigenvalue weighted by Gasteiger charge is 2.61. The summed E-state index contributed by atoms with van der Waals surface area (Å²) in [6.07, 6.45) is 3.96.